The fraction of sp³-hybridized carbons (Fsp3) is 0.647. The number of nitrogens with one attached hydrogen (secondary N) is 1. The predicted octanol–water partition coefficient (Wildman–Crippen LogP) is 3.63. The molecule has 0 bridgehead atoms. The Morgan fingerprint density at radius 1 is 1.11 bits per heavy atom. The number of nitrogens with zero attached hydrogens (tertiary/aromatic N) is 1. The second kappa shape index (κ2) is 8.34. The molecule has 1 N–H and O–H groups in total. The minimum Gasteiger partial charge on any atom is -0.314 e. The van der Waals surface area contributed by atoms with E-state index >= 15 is 0 Å². The van der Waals surface area contributed by atoms with Gasteiger partial charge in [-0.1, -0.05) is 52.0 Å². The summed E-state index contributed by atoms with van der Waals surface area (Å²) in [6.45, 7) is 12.2. The molecule has 2 nitrogen and oxygen atoms in total. The third kappa shape index (κ3) is 6.22. The van der Waals surface area contributed by atoms with Gasteiger partial charge in [0.2, 0.25) is 0 Å². The molecule has 0 spiro atoms. The number of hydrogen-bond acceptors (Lipinski definition) is 2. The summed E-state index contributed by atoms with van der Waals surface area (Å²) in [5, 5.41) is 3.50. The summed E-state index contributed by atoms with van der Waals surface area (Å²) in [5.74, 6) is 0.574. The van der Waals surface area contributed by atoms with Crippen LogP contribution in [0.3, 0.4) is 0 Å². The second-order valence-corrected chi connectivity index (χ2v) is 5.94. The van der Waals surface area contributed by atoms with Crippen LogP contribution in [0, 0.1) is 0 Å². The predicted molar refractivity (Wildman–Crippen MR) is 84.6 cm³/mol. The lowest BCUT2D eigenvalue weighted by Crippen LogP contribution is -2.27. The van der Waals surface area contributed by atoms with E-state index in [1.165, 1.54) is 17.5 Å². The van der Waals surface area contributed by atoms with Crippen molar-refractivity contribution in [3.05, 3.63) is 35.4 Å². The molecule has 0 fully saturated rings. The molecule has 1 aromatic carbocycles. The van der Waals surface area contributed by atoms with E-state index in [-0.39, 0.29) is 0 Å². The van der Waals surface area contributed by atoms with Gasteiger partial charge in [0.05, 0.1) is 0 Å². The van der Waals surface area contributed by atoms with Crippen LogP contribution in [-0.4, -0.2) is 31.1 Å². The minimum atomic E-state index is 0.560. The van der Waals surface area contributed by atoms with E-state index in [2.05, 4.69) is 69.2 Å². The normalized spacial score (nSPS) is 13.2. The van der Waals surface area contributed by atoms with Gasteiger partial charge in [0.25, 0.3) is 0 Å². The number of rotatable bonds is 8. The molecule has 2 heteroatoms. The zero-order valence-electron chi connectivity index (χ0n) is 13.2. The molecular weight excluding hydrogens is 232 g/mol. The van der Waals surface area contributed by atoms with Crippen LogP contribution in [0.2, 0.25) is 0 Å². The van der Waals surface area contributed by atoms with E-state index in [0.717, 1.165) is 19.6 Å². The topological polar surface area (TPSA) is 15.3 Å². The van der Waals surface area contributed by atoms with Gasteiger partial charge in [0, 0.05) is 19.1 Å². The van der Waals surface area contributed by atoms with Crippen LogP contribution in [0.1, 0.15) is 51.2 Å². The molecule has 0 heterocycles. The maximum Gasteiger partial charge on any atom is 0.0230 e. The summed E-state index contributed by atoms with van der Waals surface area (Å²) >= 11 is 0. The Bertz CT molecular complexity index is 343. The third-order valence-corrected chi connectivity index (χ3v) is 3.44. The van der Waals surface area contributed by atoms with Gasteiger partial charge in [-0.25, -0.2) is 0 Å². The average molecular weight is 262 g/mol. The molecule has 0 aliphatic rings. The largest absolute Gasteiger partial charge is 0.314 e. The molecule has 1 rings (SSSR count). The minimum absolute atomic E-state index is 0.560. The van der Waals surface area contributed by atoms with Crippen LogP contribution in [0.25, 0.3) is 0 Å². The van der Waals surface area contributed by atoms with Crippen molar-refractivity contribution in [2.75, 3.05) is 20.1 Å². The molecule has 0 radical (unpaired) electrons. The van der Waals surface area contributed by atoms with Gasteiger partial charge in [-0.3, -0.25) is 0 Å². The Kier molecular flexibility index (Phi) is 7.11. The first-order chi connectivity index (χ1) is 9.02. The van der Waals surface area contributed by atoms with Gasteiger partial charge in [0.1, 0.15) is 0 Å². The lowest BCUT2D eigenvalue weighted by Gasteiger charge is -2.18. The molecule has 0 aliphatic heterocycles. The summed E-state index contributed by atoms with van der Waals surface area (Å²) < 4.78 is 0. The maximum absolute atomic E-state index is 3.50. The maximum atomic E-state index is 3.50. The third-order valence-electron chi connectivity index (χ3n) is 3.44. The van der Waals surface area contributed by atoms with Gasteiger partial charge in [0.15, 0.2) is 0 Å². The van der Waals surface area contributed by atoms with Crippen molar-refractivity contribution in [2.45, 2.75) is 52.6 Å². The Morgan fingerprint density at radius 2 is 1.74 bits per heavy atom. The molecule has 1 atom stereocenters. The Morgan fingerprint density at radius 3 is 2.26 bits per heavy atom. The van der Waals surface area contributed by atoms with Crippen molar-refractivity contribution in [1.82, 2.24) is 10.2 Å². The lowest BCUT2D eigenvalue weighted by molar-refractivity contribution is 0.327. The van der Waals surface area contributed by atoms with Crippen molar-refractivity contribution in [3.8, 4) is 0 Å². The van der Waals surface area contributed by atoms with Crippen molar-refractivity contribution in [3.63, 3.8) is 0 Å². The average Bonchev–Trinajstić information content (AvgIpc) is 2.37. The first kappa shape index (κ1) is 16.2. The first-order valence-electron chi connectivity index (χ1n) is 7.53. The van der Waals surface area contributed by atoms with Crippen molar-refractivity contribution >= 4 is 0 Å². The van der Waals surface area contributed by atoms with E-state index in [9.17, 15) is 0 Å². The van der Waals surface area contributed by atoms with Crippen LogP contribution in [0.4, 0.5) is 0 Å². The van der Waals surface area contributed by atoms with Gasteiger partial charge in [-0.15, -0.1) is 0 Å². The molecule has 0 amide bonds. The molecule has 1 unspecified atom stereocenters. The Labute approximate surface area is 119 Å². The summed E-state index contributed by atoms with van der Waals surface area (Å²) in [6, 6.07) is 9.66. The van der Waals surface area contributed by atoms with Gasteiger partial charge in [-0.2, -0.15) is 0 Å². The Balaban J connectivity index is 2.50. The fourth-order valence-electron chi connectivity index (χ4n) is 2.25. The van der Waals surface area contributed by atoms with Crippen LogP contribution in [0.5, 0.6) is 0 Å². The molecule has 0 saturated carbocycles. The summed E-state index contributed by atoms with van der Waals surface area (Å²) in [5.41, 5.74) is 2.83. The van der Waals surface area contributed by atoms with Crippen LogP contribution < -0.4 is 5.32 Å². The van der Waals surface area contributed by atoms with Crippen molar-refractivity contribution in [1.29, 1.82) is 0 Å². The molecule has 108 valence electrons. The number of hydrogen-bond donors (Lipinski definition) is 1. The molecule has 0 aromatic heterocycles. The molecular formula is C17H30N2. The van der Waals surface area contributed by atoms with Gasteiger partial charge in [-0.05, 0) is 37.1 Å². The highest BCUT2D eigenvalue weighted by Gasteiger charge is 2.06. The molecule has 0 aliphatic carbocycles. The van der Waals surface area contributed by atoms with E-state index < -0.39 is 0 Å². The van der Waals surface area contributed by atoms with E-state index in [0.29, 0.717) is 12.0 Å². The zero-order chi connectivity index (χ0) is 14.3. The van der Waals surface area contributed by atoms with E-state index in [4.69, 9.17) is 0 Å². The van der Waals surface area contributed by atoms with Crippen LogP contribution in [0.15, 0.2) is 24.3 Å². The molecule has 19 heavy (non-hydrogen) atoms. The number of benzene rings is 1. The van der Waals surface area contributed by atoms with Crippen LogP contribution >= 0.6 is 0 Å². The molecule has 1 aromatic rings. The highest BCUT2D eigenvalue weighted by molar-refractivity contribution is 5.25. The van der Waals surface area contributed by atoms with E-state index in [1.807, 2.05) is 0 Å². The lowest BCUT2D eigenvalue weighted by atomic mass is 9.99. The monoisotopic (exact) mass is 262 g/mol. The summed E-state index contributed by atoms with van der Waals surface area (Å²) in [4.78, 5) is 2.37. The highest BCUT2D eigenvalue weighted by Crippen LogP contribution is 2.16. The van der Waals surface area contributed by atoms with Crippen molar-refractivity contribution in [2.24, 2.45) is 0 Å². The Hall–Kier alpha value is -0.860. The smallest absolute Gasteiger partial charge is 0.0230 e. The summed E-state index contributed by atoms with van der Waals surface area (Å²) in [6.07, 6.45) is 1.21. The van der Waals surface area contributed by atoms with E-state index in [1.54, 1.807) is 0 Å². The standard InChI is InChI=1S/C17H30N2/c1-6-11-19(5)13-16-7-9-17(10-8-16)15(4)12-18-14(2)3/h7-10,14-15,18H,6,11-13H2,1-5H3. The quantitative estimate of drug-likeness (QED) is 0.769. The summed E-state index contributed by atoms with van der Waals surface area (Å²) in [7, 11) is 2.19. The SMILES string of the molecule is CCCN(C)Cc1ccc(C(C)CNC(C)C)cc1. The first-order valence-corrected chi connectivity index (χ1v) is 7.53. The van der Waals surface area contributed by atoms with Crippen LogP contribution in [-0.2, 0) is 6.54 Å². The van der Waals surface area contributed by atoms with Gasteiger partial charge >= 0.3 is 0 Å². The zero-order valence-corrected chi connectivity index (χ0v) is 13.2. The van der Waals surface area contributed by atoms with Gasteiger partial charge < -0.3 is 10.2 Å². The second-order valence-electron chi connectivity index (χ2n) is 5.94. The highest BCUT2D eigenvalue weighted by atomic mass is 15.1. The fourth-order valence-corrected chi connectivity index (χ4v) is 2.25. The van der Waals surface area contributed by atoms with Crippen molar-refractivity contribution < 1.29 is 0 Å². The molecule has 0 saturated heterocycles.